The zero-order valence-corrected chi connectivity index (χ0v) is 19.8. The molecule has 34 heavy (non-hydrogen) atoms. The largest absolute Gasteiger partial charge is 0.450 e. The van der Waals surface area contributed by atoms with Crippen LogP contribution in [0.2, 0.25) is 0 Å². The summed E-state index contributed by atoms with van der Waals surface area (Å²) in [5.41, 5.74) is 0.599. The number of nitrogens with zero attached hydrogens (tertiary/aromatic N) is 2. The second-order valence-electron chi connectivity index (χ2n) is 8.43. The molecule has 0 bridgehead atoms. The highest BCUT2D eigenvalue weighted by Gasteiger charge is 2.64. The molecule has 0 saturated heterocycles. The van der Waals surface area contributed by atoms with Crippen molar-refractivity contribution in [2.45, 2.75) is 19.0 Å². The first-order chi connectivity index (χ1) is 16.5. The molecule has 3 aromatic carbocycles. The Bertz CT molecular complexity index is 1560. The van der Waals surface area contributed by atoms with Crippen molar-refractivity contribution in [3.63, 3.8) is 0 Å². The van der Waals surface area contributed by atoms with Crippen molar-refractivity contribution in [3.8, 4) is 0 Å². The average Bonchev–Trinajstić information content (AvgIpc) is 3.25. The standard InChI is InChI=1S/C27H19BrN2O4/c1-2-29-20-11-7-6-10-19(20)27(26(29)33)22-23(31)18-14-17(28)12-13-21(18)34-24(22)25(32)30(27)15-16-8-4-3-5-9-16/h3-14H,2,15H2,1H3. The number of anilines is 1. The number of likely N-dealkylation sites (N-methyl/N-ethyl adjacent to an activating group) is 1. The summed E-state index contributed by atoms with van der Waals surface area (Å²) in [6.45, 7) is 2.44. The van der Waals surface area contributed by atoms with Crippen LogP contribution in [0.15, 0.2) is 86.5 Å². The van der Waals surface area contributed by atoms with E-state index < -0.39 is 11.4 Å². The lowest BCUT2D eigenvalue weighted by molar-refractivity contribution is -0.126. The Hall–Kier alpha value is -3.71. The van der Waals surface area contributed by atoms with E-state index in [1.807, 2.05) is 61.5 Å². The molecule has 3 heterocycles. The molecule has 2 amide bonds. The van der Waals surface area contributed by atoms with Crippen molar-refractivity contribution < 1.29 is 14.0 Å². The van der Waals surface area contributed by atoms with E-state index in [1.165, 1.54) is 4.90 Å². The van der Waals surface area contributed by atoms with E-state index in [9.17, 15) is 14.4 Å². The first-order valence-electron chi connectivity index (χ1n) is 11.0. The van der Waals surface area contributed by atoms with Crippen LogP contribution in [0, 0.1) is 0 Å². The molecule has 168 valence electrons. The van der Waals surface area contributed by atoms with Gasteiger partial charge in [-0.1, -0.05) is 64.5 Å². The summed E-state index contributed by atoms with van der Waals surface area (Å²) in [5, 5.41) is 0.321. The molecular formula is C27H19BrN2O4. The normalized spacial score (nSPS) is 18.8. The van der Waals surface area contributed by atoms with Crippen LogP contribution >= 0.6 is 15.9 Å². The molecule has 0 fully saturated rings. The number of para-hydroxylation sites is 1. The van der Waals surface area contributed by atoms with Crippen molar-refractivity contribution >= 4 is 44.4 Å². The lowest BCUT2D eigenvalue weighted by atomic mass is 9.83. The van der Waals surface area contributed by atoms with Crippen molar-refractivity contribution in [1.82, 2.24) is 4.90 Å². The van der Waals surface area contributed by atoms with Gasteiger partial charge in [0.1, 0.15) is 5.58 Å². The smallest absolute Gasteiger partial charge is 0.291 e. The number of hydrogen-bond acceptors (Lipinski definition) is 4. The highest BCUT2D eigenvalue weighted by atomic mass is 79.9. The van der Waals surface area contributed by atoms with E-state index in [4.69, 9.17) is 4.42 Å². The minimum atomic E-state index is -1.59. The lowest BCUT2D eigenvalue weighted by Gasteiger charge is -2.34. The number of amides is 2. The minimum Gasteiger partial charge on any atom is -0.450 e. The Labute approximate surface area is 203 Å². The van der Waals surface area contributed by atoms with Gasteiger partial charge in [0.15, 0.2) is 11.0 Å². The van der Waals surface area contributed by atoms with Crippen LogP contribution in [0.4, 0.5) is 5.69 Å². The summed E-state index contributed by atoms with van der Waals surface area (Å²) in [6, 6.07) is 21.9. The number of hydrogen-bond donors (Lipinski definition) is 0. The SMILES string of the molecule is CCN1C(=O)C2(c3ccccc31)c1c(oc3ccc(Br)cc3c1=O)C(=O)N2Cc1ccccc1. The van der Waals surface area contributed by atoms with Gasteiger partial charge in [-0.3, -0.25) is 14.4 Å². The third-order valence-electron chi connectivity index (χ3n) is 6.70. The van der Waals surface area contributed by atoms with E-state index in [0.29, 0.717) is 33.2 Å². The quantitative estimate of drug-likeness (QED) is 0.392. The molecule has 0 aliphatic carbocycles. The Morgan fingerprint density at radius 1 is 0.941 bits per heavy atom. The number of carbonyl (C=O) groups excluding carboxylic acids is 2. The van der Waals surface area contributed by atoms with E-state index in [2.05, 4.69) is 15.9 Å². The predicted molar refractivity (Wildman–Crippen MR) is 132 cm³/mol. The highest BCUT2D eigenvalue weighted by Crippen LogP contribution is 2.52. The summed E-state index contributed by atoms with van der Waals surface area (Å²) in [4.78, 5) is 45.3. The molecule has 0 N–H and O–H groups in total. The molecule has 1 spiro atoms. The van der Waals surface area contributed by atoms with Gasteiger partial charge in [-0.2, -0.15) is 0 Å². The van der Waals surface area contributed by atoms with Crippen molar-refractivity contribution in [2.24, 2.45) is 0 Å². The van der Waals surface area contributed by atoms with Gasteiger partial charge in [-0.25, -0.2) is 0 Å². The summed E-state index contributed by atoms with van der Waals surface area (Å²) in [5.74, 6) is -0.861. The van der Waals surface area contributed by atoms with Crippen molar-refractivity contribution in [2.75, 3.05) is 11.4 Å². The van der Waals surface area contributed by atoms with Gasteiger partial charge in [0.05, 0.1) is 16.6 Å². The monoisotopic (exact) mass is 514 g/mol. The van der Waals surface area contributed by atoms with E-state index in [1.54, 1.807) is 23.1 Å². The second kappa shape index (κ2) is 7.40. The van der Waals surface area contributed by atoms with Gasteiger partial charge >= 0.3 is 0 Å². The molecule has 6 rings (SSSR count). The van der Waals surface area contributed by atoms with Gasteiger partial charge in [0, 0.05) is 23.1 Å². The lowest BCUT2D eigenvalue weighted by Crippen LogP contribution is -2.53. The third-order valence-corrected chi connectivity index (χ3v) is 7.19. The van der Waals surface area contributed by atoms with E-state index >= 15 is 0 Å². The van der Waals surface area contributed by atoms with E-state index in [-0.39, 0.29) is 29.2 Å². The van der Waals surface area contributed by atoms with Crippen molar-refractivity contribution in [1.29, 1.82) is 0 Å². The number of halogens is 1. The van der Waals surface area contributed by atoms with Crippen LogP contribution in [-0.2, 0) is 16.9 Å². The van der Waals surface area contributed by atoms with Crippen LogP contribution in [0.1, 0.15) is 34.2 Å². The van der Waals surface area contributed by atoms with Crippen LogP contribution < -0.4 is 10.3 Å². The maximum Gasteiger partial charge on any atom is 0.291 e. The highest BCUT2D eigenvalue weighted by molar-refractivity contribution is 9.10. The van der Waals surface area contributed by atoms with Crippen LogP contribution in [0.5, 0.6) is 0 Å². The molecule has 0 saturated carbocycles. The van der Waals surface area contributed by atoms with Gasteiger partial charge in [-0.05, 0) is 36.8 Å². The number of rotatable bonds is 3. The molecule has 2 aliphatic rings. The second-order valence-corrected chi connectivity index (χ2v) is 9.35. The Balaban J connectivity index is 1.73. The van der Waals surface area contributed by atoms with Gasteiger partial charge in [0.2, 0.25) is 5.76 Å². The molecule has 1 unspecified atom stereocenters. The number of benzene rings is 3. The first kappa shape index (κ1) is 20.9. The fraction of sp³-hybridized carbons (Fsp3) is 0.148. The summed E-state index contributed by atoms with van der Waals surface area (Å²) in [6.07, 6.45) is 0. The Morgan fingerprint density at radius 3 is 2.44 bits per heavy atom. The molecule has 7 heteroatoms. The minimum absolute atomic E-state index is 0.0724. The molecular weight excluding hydrogens is 496 g/mol. The van der Waals surface area contributed by atoms with Crippen LogP contribution in [-0.4, -0.2) is 23.3 Å². The van der Waals surface area contributed by atoms with Gasteiger partial charge < -0.3 is 14.2 Å². The Morgan fingerprint density at radius 2 is 1.68 bits per heavy atom. The fourth-order valence-electron chi connectivity index (χ4n) is 5.26. The zero-order chi connectivity index (χ0) is 23.6. The molecule has 6 nitrogen and oxygen atoms in total. The number of carbonyl (C=O) groups is 2. The van der Waals surface area contributed by atoms with E-state index in [0.717, 1.165) is 5.56 Å². The predicted octanol–water partition coefficient (Wildman–Crippen LogP) is 4.82. The van der Waals surface area contributed by atoms with Gasteiger partial charge in [0.25, 0.3) is 11.8 Å². The number of fused-ring (bicyclic) bond motifs is 5. The summed E-state index contributed by atoms with van der Waals surface area (Å²) >= 11 is 3.42. The molecule has 1 atom stereocenters. The van der Waals surface area contributed by atoms with Crippen molar-refractivity contribution in [3.05, 3.63) is 110 Å². The first-order valence-corrected chi connectivity index (χ1v) is 11.8. The molecule has 1 aromatic heterocycles. The molecule has 0 radical (unpaired) electrons. The van der Waals surface area contributed by atoms with Crippen LogP contribution in [0.25, 0.3) is 11.0 Å². The Kier molecular flexibility index (Phi) is 4.54. The third kappa shape index (κ3) is 2.58. The summed E-state index contributed by atoms with van der Waals surface area (Å²) < 4.78 is 6.76. The van der Waals surface area contributed by atoms with Crippen LogP contribution in [0.3, 0.4) is 0 Å². The summed E-state index contributed by atoms with van der Waals surface area (Å²) in [7, 11) is 0. The topological polar surface area (TPSA) is 70.8 Å². The maximum absolute atomic E-state index is 14.2. The molecule has 2 aliphatic heterocycles. The van der Waals surface area contributed by atoms with Gasteiger partial charge in [-0.15, -0.1) is 0 Å². The maximum atomic E-state index is 14.2. The zero-order valence-electron chi connectivity index (χ0n) is 18.2. The molecule has 4 aromatic rings. The average molecular weight is 515 g/mol. The fourth-order valence-corrected chi connectivity index (χ4v) is 5.63.